The molecular formula is C18H26N2O3. The SMILES string of the molecule is CCC(C)C(O)CNC(=O)C(Oc1ccccc1C#N)C(C)C. The predicted octanol–water partition coefficient (Wildman–Crippen LogP) is 2.48. The van der Waals surface area contributed by atoms with Gasteiger partial charge in [0.2, 0.25) is 0 Å². The molecule has 0 spiro atoms. The third-order valence-corrected chi connectivity index (χ3v) is 3.91. The molecule has 3 unspecified atom stereocenters. The summed E-state index contributed by atoms with van der Waals surface area (Å²) in [6.45, 7) is 7.89. The number of carbonyl (C=O) groups is 1. The van der Waals surface area contributed by atoms with Crippen molar-refractivity contribution in [3.63, 3.8) is 0 Å². The third kappa shape index (κ3) is 5.57. The van der Waals surface area contributed by atoms with Crippen LogP contribution >= 0.6 is 0 Å². The molecule has 1 rings (SSSR count). The molecule has 0 aromatic heterocycles. The average Bonchev–Trinajstić information content (AvgIpc) is 2.56. The van der Waals surface area contributed by atoms with Gasteiger partial charge in [-0.3, -0.25) is 4.79 Å². The lowest BCUT2D eigenvalue weighted by molar-refractivity contribution is -0.130. The summed E-state index contributed by atoms with van der Waals surface area (Å²) in [7, 11) is 0. The van der Waals surface area contributed by atoms with Crippen LogP contribution in [0.3, 0.4) is 0 Å². The van der Waals surface area contributed by atoms with E-state index >= 15 is 0 Å². The predicted molar refractivity (Wildman–Crippen MR) is 88.9 cm³/mol. The number of nitrogens with zero attached hydrogens (tertiary/aromatic N) is 1. The molecule has 1 aromatic rings. The zero-order valence-electron chi connectivity index (χ0n) is 14.2. The Balaban J connectivity index is 2.75. The van der Waals surface area contributed by atoms with E-state index in [1.807, 2.05) is 27.7 Å². The topological polar surface area (TPSA) is 82.3 Å². The molecule has 0 saturated heterocycles. The van der Waals surface area contributed by atoms with Crippen molar-refractivity contribution in [2.24, 2.45) is 11.8 Å². The van der Waals surface area contributed by atoms with E-state index in [-0.39, 0.29) is 24.3 Å². The zero-order valence-corrected chi connectivity index (χ0v) is 14.2. The normalized spacial score (nSPS) is 14.7. The van der Waals surface area contributed by atoms with Crippen LogP contribution in [0.1, 0.15) is 39.7 Å². The Kier molecular flexibility index (Phi) is 7.56. The lowest BCUT2D eigenvalue weighted by Gasteiger charge is -2.24. The van der Waals surface area contributed by atoms with Gasteiger partial charge in [-0.25, -0.2) is 0 Å². The van der Waals surface area contributed by atoms with Gasteiger partial charge in [-0.05, 0) is 24.0 Å². The Morgan fingerprint density at radius 1 is 1.35 bits per heavy atom. The number of carbonyl (C=O) groups excluding carboxylic acids is 1. The number of rotatable bonds is 8. The van der Waals surface area contributed by atoms with Crippen molar-refractivity contribution in [1.29, 1.82) is 5.26 Å². The van der Waals surface area contributed by atoms with E-state index in [0.717, 1.165) is 6.42 Å². The maximum atomic E-state index is 12.4. The highest BCUT2D eigenvalue weighted by Crippen LogP contribution is 2.20. The summed E-state index contributed by atoms with van der Waals surface area (Å²) in [6, 6.07) is 8.89. The van der Waals surface area contributed by atoms with E-state index in [1.165, 1.54) is 0 Å². The van der Waals surface area contributed by atoms with Gasteiger partial charge in [0, 0.05) is 6.54 Å². The summed E-state index contributed by atoms with van der Waals surface area (Å²) in [5.74, 6) is 0.164. The third-order valence-electron chi connectivity index (χ3n) is 3.91. The fourth-order valence-electron chi connectivity index (χ4n) is 2.07. The minimum Gasteiger partial charge on any atom is -0.479 e. The lowest BCUT2D eigenvalue weighted by Crippen LogP contribution is -2.45. The van der Waals surface area contributed by atoms with Gasteiger partial charge < -0.3 is 15.2 Å². The van der Waals surface area contributed by atoms with Crippen LogP contribution in [0, 0.1) is 23.2 Å². The summed E-state index contributed by atoms with van der Waals surface area (Å²) in [5.41, 5.74) is 0.394. The van der Waals surface area contributed by atoms with Gasteiger partial charge >= 0.3 is 0 Å². The number of nitrogens with one attached hydrogen (secondary N) is 1. The first-order valence-corrected chi connectivity index (χ1v) is 8.02. The van der Waals surface area contributed by atoms with E-state index in [1.54, 1.807) is 24.3 Å². The summed E-state index contributed by atoms with van der Waals surface area (Å²) in [4.78, 5) is 12.4. The van der Waals surface area contributed by atoms with Crippen LogP contribution in [0.25, 0.3) is 0 Å². The first-order valence-electron chi connectivity index (χ1n) is 8.02. The van der Waals surface area contributed by atoms with Crippen molar-refractivity contribution in [1.82, 2.24) is 5.32 Å². The Labute approximate surface area is 138 Å². The number of benzene rings is 1. The molecule has 0 aliphatic heterocycles. The van der Waals surface area contributed by atoms with Gasteiger partial charge in [0.25, 0.3) is 5.91 Å². The van der Waals surface area contributed by atoms with Crippen molar-refractivity contribution in [3.05, 3.63) is 29.8 Å². The molecule has 23 heavy (non-hydrogen) atoms. The van der Waals surface area contributed by atoms with E-state index in [0.29, 0.717) is 11.3 Å². The number of ether oxygens (including phenoxy) is 1. The second-order valence-electron chi connectivity index (χ2n) is 6.09. The quantitative estimate of drug-likeness (QED) is 0.771. The van der Waals surface area contributed by atoms with Crippen LogP contribution in [0.4, 0.5) is 0 Å². The van der Waals surface area contributed by atoms with Gasteiger partial charge in [0.15, 0.2) is 6.10 Å². The van der Waals surface area contributed by atoms with Crippen molar-refractivity contribution < 1.29 is 14.6 Å². The molecule has 5 heteroatoms. The number of aliphatic hydroxyl groups excluding tert-OH is 1. The Hall–Kier alpha value is -2.06. The van der Waals surface area contributed by atoms with Gasteiger partial charge in [-0.15, -0.1) is 0 Å². The fraction of sp³-hybridized carbons (Fsp3) is 0.556. The Morgan fingerprint density at radius 2 is 2.00 bits per heavy atom. The van der Waals surface area contributed by atoms with E-state index < -0.39 is 12.2 Å². The fourth-order valence-corrected chi connectivity index (χ4v) is 2.07. The number of aliphatic hydroxyl groups is 1. The Bertz CT molecular complexity index is 551. The molecule has 5 nitrogen and oxygen atoms in total. The number of para-hydroxylation sites is 1. The summed E-state index contributed by atoms with van der Waals surface area (Å²) in [6.07, 6.45) is -0.451. The molecule has 3 atom stereocenters. The molecule has 0 fully saturated rings. The molecular weight excluding hydrogens is 292 g/mol. The molecule has 1 aromatic carbocycles. The molecule has 0 aliphatic carbocycles. The van der Waals surface area contributed by atoms with Crippen LogP contribution in [0.5, 0.6) is 5.75 Å². The summed E-state index contributed by atoms with van der Waals surface area (Å²) < 4.78 is 5.76. The van der Waals surface area contributed by atoms with Gasteiger partial charge in [0.1, 0.15) is 11.8 Å². The second kappa shape index (κ2) is 9.16. The maximum Gasteiger partial charge on any atom is 0.261 e. The molecule has 126 valence electrons. The number of hydrogen-bond acceptors (Lipinski definition) is 4. The lowest BCUT2D eigenvalue weighted by atomic mass is 10.0. The Morgan fingerprint density at radius 3 is 2.57 bits per heavy atom. The molecule has 1 amide bonds. The van der Waals surface area contributed by atoms with Crippen LogP contribution in [-0.2, 0) is 4.79 Å². The highest BCUT2D eigenvalue weighted by Gasteiger charge is 2.26. The largest absolute Gasteiger partial charge is 0.479 e. The minimum atomic E-state index is -0.714. The van der Waals surface area contributed by atoms with Crippen LogP contribution in [-0.4, -0.2) is 29.8 Å². The zero-order chi connectivity index (χ0) is 17.4. The van der Waals surface area contributed by atoms with Crippen molar-refractivity contribution >= 4 is 5.91 Å². The maximum absolute atomic E-state index is 12.4. The second-order valence-corrected chi connectivity index (χ2v) is 6.09. The van der Waals surface area contributed by atoms with Gasteiger partial charge in [-0.2, -0.15) is 5.26 Å². The smallest absolute Gasteiger partial charge is 0.261 e. The van der Waals surface area contributed by atoms with Gasteiger partial charge in [0.05, 0.1) is 11.7 Å². The first-order chi connectivity index (χ1) is 10.9. The molecule has 0 bridgehead atoms. The average molecular weight is 318 g/mol. The highest BCUT2D eigenvalue weighted by molar-refractivity contribution is 5.81. The first kappa shape index (κ1) is 19.0. The molecule has 0 saturated carbocycles. The minimum absolute atomic E-state index is 0.0671. The molecule has 0 radical (unpaired) electrons. The number of amides is 1. The van der Waals surface area contributed by atoms with E-state index in [2.05, 4.69) is 11.4 Å². The molecule has 0 aliphatic rings. The highest BCUT2D eigenvalue weighted by atomic mass is 16.5. The summed E-state index contributed by atoms with van der Waals surface area (Å²) >= 11 is 0. The number of nitriles is 1. The van der Waals surface area contributed by atoms with Crippen LogP contribution in [0.15, 0.2) is 24.3 Å². The molecule has 2 N–H and O–H groups in total. The van der Waals surface area contributed by atoms with Crippen molar-refractivity contribution in [3.8, 4) is 11.8 Å². The molecule has 0 heterocycles. The number of hydrogen-bond donors (Lipinski definition) is 2. The van der Waals surface area contributed by atoms with Gasteiger partial charge in [-0.1, -0.05) is 46.2 Å². The van der Waals surface area contributed by atoms with E-state index in [4.69, 9.17) is 10.00 Å². The van der Waals surface area contributed by atoms with E-state index in [9.17, 15) is 9.90 Å². The summed E-state index contributed by atoms with van der Waals surface area (Å²) in [5, 5.41) is 21.8. The van der Waals surface area contributed by atoms with Crippen molar-refractivity contribution in [2.45, 2.75) is 46.3 Å². The monoisotopic (exact) mass is 318 g/mol. The van der Waals surface area contributed by atoms with Crippen LogP contribution < -0.4 is 10.1 Å². The van der Waals surface area contributed by atoms with Crippen molar-refractivity contribution in [2.75, 3.05) is 6.54 Å². The standard InChI is InChI=1S/C18H26N2O3/c1-5-13(4)15(21)11-20-18(22)17(12(2)3)23-16-9-7-6-8-14(16)10-19/h6-9,12-13,15,17,21H,5,11H2,1-4H3,(H,20,22). The van der Waals surface area contributed by atoms with Crippen LogP contribution in [0.2, 0.25) is 0 Å².